The highest BCUT2D eigenvalue weighted by Crippen LogP contribution is 2.42. The quantitative estimate of drug-likeness (QED) is 0.337. The number of aliphatic imine (C=N–C) groups is 1. The Balaban J connectivity index is 1.68. The van der Waals surface area contributed by atoms with E-state index in [-0.39, 0.29) is 6.04 Å². The van der Waals surface area contributed by atoms with E-state index in [1.807, 2.05) is 26.1 Å². The third kappa shape index (κ3) is 4.20. The van der Waals surface area contributed by atoms with Gasteiger partial charge in [-0.2, -0.15) is 0 Å². The van der Waals surface area contributed by atoms with Crippen molar-refractivity contribution >= 4 is 33.2 Å². The lowest BCUT2D eigenvalue weighted by Crippen LogP contribution is -2.27. The summed E-state index contributed by atoms with van der Waals surface area (Å²) in [6.07, 6.45) is 4.02. The van der Waals surface area contributed by atoms with Crippen LogP contribution in [-0.2, 0) is 10.3 Å². The normalized spacial score (nSPS) is 18.1. The van der Waals surface area contributed by atoms with Gasteiger partial charge < -0.3 is 14.4 Å². The fourth-order valence-corrected chi connectivity index (χ4v) is 6.20. The van der Waals surface area contributed by atoms with Crippen LogP contribution in [-0.4, -0.2) is 40.1 Å². The van der Waals surface area contributed by atoms with E-state index < -0.39 is 5.60 Å². The zero-order chi connectivity index (χ0) is 25.7. The van der Waals surface area contributed by atoms with Gasteiger partial charge >= 0.3 is 0 Å². The fourth-order valence-electron chi connectivity index (χ4n) is 6.20. The molecule has 1 unspecified atom stereocenters. The number of ether oxygens (including phenoxy) is 1. The molecular weight excluding hydrogens is 458 g/mol. The van der Waals surface area contributed by atoms with Gasteiger partial charge in [-0.1, -0.05) is 42.5 Å². The van der Waals surface area contributed by atoms with Crippen molar-refractivity contribution < 1.29 is 9.84 Å². The van der Waals surface area contributed by atoms with Gasteiger partial charge in [0.15, 0.2) is 0 Å². The molecule has 37 heavy (non-hydrogen) atoms. The average Bonchev–Trinajstić information content (AvgIpc) is 3.40. The second-order valence-electron chi connectivity index (χ2n) is 11.1. The van der Waals surface area contributed by atoms with E-state index in [2.05, 4.69) is 71.9 Å². The van der Waals surface area contributed by atoms with Crippen LogP contribution in [0, 0.1) is 5.92 Å². The van der Waals surface area contributed by atoms with Crippen molar-refractivity contribution in [2.24, 2.45) is 10.9 Å². The summed E-state index contributed by atoms with van der Waals surface area (Å²) in [6.45, 7) is 10.3. The standard InChI is InChI=1S/C32H35N3O2/c1-20-18-33-21(2)29(20)24-16-28-30(34-19-24)26-11-10-25(32(3,4)36)17-27(26)35(28)31(22-8-6-5-7-9-22)23-12-14-37-15-13-23/h5-11,16-17,19,23,31,36H,12-15,18H2,1-4H3. The smallest absolute Gasteiger partial charge is 0.0960 e. The molecule has 6 rings (SSSR count). The molecule has 2 aromatic carbocycles. The number of aromatic nitrogens is 2. The van der Waals surface area contributed by atoms with E-state index in [4.69, 9.17) is 9.72 Å². The Labute approximate surface area is 218 Å². The molecule has 190 valence electrons. The minimum absolute atomic E-state index is 0.132. The first-order valence-corrected chi connectivity index (χ1v) is 13.3. The second-order valence-corrected chi connectivity index (χ2v) is 11.1. The molecule has 4 heterocycles. The number of nitrogens with zero attached hydrogens (tertiary/aromatic N) is 3. The van der Waals surface area contributed by atoms with Crippen molar-refractivity contribution in [3.05, 3.63) is 83.1 Å². The Morgan fingerprint density at radius 2 is 1.76 bits per heavy atom. The maximum absolute atomic E-state index is 10.9. The first-order chi connectivity index (χ1) is 17.8. The summed E-state index contributed by atoms with van der Waals surface area (Å²) in [4.78, 5) is 9.74. The Morgan fingerprint density at radius 3 is 2.43 bits per heavy atom. The van der Waals surface area contributed by atoms with Crippen molar-refractivity contribution in [1.29, 1.82) is 0 Å². The molecule has 5 heteroatoms. The van der Waals surface area contributed by atoms with Crippen LogP contribution in [0.3, 0.4) is 0 Å². The molecule has 0 amide bonds. The van der Waals surface area contributed by atoms with Crippen molar-refractivity contribution in [2.45, 2.75) is 52.2 Å². The van der Waals surface area contributed by atoms with E-state index in [1.165, 1.54) is 16.7 Å². The minimum atomic E-state index is -0.936. The SMILES string of the molecule is CC1=NCC(C)=C1c1cnc2c3ccc(C(C)(C)O)cc3n(C(c3ccccc3)C3CCOCC3)c2c1. The molecule has 2 aliphatic rings. The van der Waals surface area contributed by atoms with Crippen LogP contribution in [0.15, 0.2) is 71.4 Å². The summed E-state index contributed by atoms with van der Waals surface area (Å²) in [5.74, 6) is 0.431. The van der Waals surface area contributed by atoms with Crippen LogP contribution in [0.2, 0.25) is 0 Å². The lowest BCUT2D eigenvalue weighted by Gasteiger charge is -2.33. The maximum Gasteiger partial charge on any atom is 0.0960 e. The zero-order valence-electron chi connectivity index (χ0n) is 22.2. The number of benzene rings is 2. The van der Waals surface area contributed by atoms with E-state index in [1.54, 1.807) is 0 Å². The van der Waals surface area contributed by atoms with Gasteiger partial charge in [0.1, 0.15) is 0 Å². The fraction of sp³-hybridized carbons (Fsp3) is 0.375. The van der Waals surface area contributed by atoms with E-state index >= 15 is 0 Å². The Morgan fingerprint density at radius 1 is 1.00 bits per heavy atom. The van der Waals surface area contributed by atoms with Gasteiger partial charge in [-0.3, -0.25) is 9.98 Å². The predicted octanol–water partition coefficient (Wildman–Crippen LogP) is 6.68. The molecule has 2 aliphatic heterocycles. The molecule has 1 fully saturated rings. The molecule has 0 bridgehead atoms. The van der Waals surface area contributed by atoms with Crippen molar-refractivity contribution in [2.75, 3.05) is 19.8 Å². The summed E-state index contributed by atoms with van der Waals surface area (Å²) >= 11 is 0. The number of aliphatic hydroxyl groups is 1. The van der Waals surface area contributed by atoms with Crippen LogP contribution in [0.4, 0.5) is 0 Å². The molecule has 1 saturated heterocycles. The van der Waals surface area contributed by atoms with Crippen molar-refractivity contribution in [3.8, 4) is 0 Å². The highest BCUT2D eigenvalue weighted by atomic mass is 16.5. The molecule has 0 saturated carbocycles. The summed E-state index contributed by atoms with van der Waals surface area (Å²) in [6, 6.07) is 19.6. The number of pyridine rings is 1. The molecule has 0 aliphatic carbocycles. The summed E-state index contributed by atoms with van der Waals surface area (Å²) < 4.78 is 8.28. The first-order valence-electron chi connectivity index (χ1n) is 13.3. The highest BCUT2D eigenvalue weighted by Gasteiger charge is 2.31. The lowest BCUT2D eigenvalue weighted by molar-refractivity contribution is 0.0552. The van der Waals surface area contributed by atoms with Crippen LogP contribution in [0.25, 0.3) is 27.5 Å². The average molecular weight is 494 g/mol. The molecule has 5 nitrogen and oxygen atoms in total. The van der Waals surface area contributed by atoms with Crippen LogP contribution in [0.1, 0.15) is 63.3 Å². The largest absolute Gasteiger partial charge is 0.386 e. The van der Waals surface area contributed by atoms with Crippen LogP contribution < -0.4 is 0 Å². The van der Waals surface area contributed by atoms with E-state index in [0.717, 1.165) is 71.4 Å². The Kier molecular flexibility index (Phi) is 6.01. The van der Waals surface area contributed by atoms with Gasteiger partial charge in [0.05, 0.1) is 34.7 Å². The van der Waals surface area contributed by atoms with Gasteiger partial charge in [0.2, 0.25) is 0 Å². The minimum Gasteiger partial charge on any atom is -0.386 e. The molecular formula is C32H35N3O2. The van der Waals surface area contributed by atoms with Crippen LogP contribution >= 0.6 is 0 Å². The topological polar surface area (TPSA) is 59.6 Å². The number of hydrogen-bond acceptors (Lipinski definition) is 4. The van der Waals surface area contributed by atoms with Gasteiger partial charge in [-0.25, -0.2) is 0 Å². The van der Waals surface area contributed by atoms with E-state index in [0.29, 0.717) is 5.92 Å². The molecule has 2 aromatic heterocycles. The Hall–Kier alpha value is -3.28. The molecule has 0 spiro atoms. The molecule has 1 atom stereocenters. The first kappa shape index (κ1) is 24.1. The van der Waals surface area contributed by atoms with Crippen molar-refractivity contribution in [3.63, 3.8) is 0 Å². The summed E-state index contributed by atoms with van der Waals surface area (Å²) in [5.41, 5.74) is 9.20. The van der Waals surface area contributed by atoms with Gasteiger partial charge in [-0.15, -0.1) is 0 Å². The molecule has 1 N–H and O–H groups in total. The summed E-state index contributed by atoms with van der Waals surface area (Å²) in [7, 11) is 0. The highest BCUT2D eigenvalue weighted by molar-refractivity contribution is 6.25. The van der Waals surface area contributed by atoms with Gasteiger partial charge in [-0.05, 0) is 75.3 Å². The number of hydrogen-bond donors (Lipinski definition) is 1. The molecule has 0 radical (unpaired) electrons. The second kappa shape index (κ2) is 9.23. The third-order valence-corrected chi connectivity index (χ3v) is 8.11. The number of rotatable bonds is 5. The predicted molar refractivity (Wildman–Crippen MR) is 151 cm³/mol. The number of allylic oxidation sites excluding steroid dienone is 1. The maximum atomic E-state index is 10.9. The van der Waals surface area contributed by atoms with E-state index in [9.17, 15) is 5.11 Å². The van der Waals surface area contributed by atoms with Gasteiger partial charge in [0.25, 0.3) is 0 Å². The van der Waals surface area contributed by atoms with Crippen LogP contribution in [0.5, 0.6) is 0 Å². The third-order valence-electron chi connectivity index (χ3n) is 8.11. The zero-order valence-corrected chi connectivity index (χ0v) is 22.2. The lowest BCUT2D eigenvalue weighted by atomic mass is 9.86. The van der Waals surface area contributed by atoms with Crippen molar-refractivity contribution in [1.82, 2.24) is 9.55 Å². The van der Waals surface area contributed by atoms with Gasteiger partial charge in [0, 0.05) is 41.6 Å². The summed E-state index contributed by atoms with van der Waals surface area (Å²) in [5, 5.41) is 12.0. The molecule has 4 aromatic rings. The monoisotopic (exact) mass is 493 g/mol. The number of fused-ring (bicyclic) bond motifs is 3. The Bertz CT molecular complexity index is 1530.